The Bertz CT molecular complexity index is 424. The normalized spacial score (nSPS) is 10.3. The molecule has 0 bridgehead atoms. The fourth-order valence-electron chi connectivity index (χ4n) is 1.09. The lowest BCUT2D eigenvalue weighted by molar-refractivity contribution is 1.06. The van der Waals surface area contributed by atoms with Gasteiger partial charge >= 0.3 is 0 Å². The highest BCUT2D eigenvalue weighted by molar-refractivity contribution is 9.10. The van der Waals surface area contributed by atoms with Gasteiger partial charge in [0.2, 0.25) is 0 Å². The Morgan fingerprint density at radius 2 is 2.08 bits per heavy atom. The number of aryl methyl sites for hydroxylation is 1. The largest absolute Gasteiger partial charge is 0.275 e. The van der Waals surface area contributed by atoms with Crippen molar-refractivity contribution in [1.29, 1.82) is 0 Å². The first-order chi connectivity index (χ1) is 6.29. The highest BCUT2D eigenvalue weighted by Gasteiger charge is 2.08. The number of nitrogens with one attached hydrogen (secondary N) is 1. The van der Waals surface area contributed by atoms with Crippen molar-refractivity contribution in [2.24, 2.45) is 0 Å². The summed E-state index contributed by atoms with van der Waals surface area (Å²) in [4.78, 5) is 8.36. The molecule has 66 valence electrons. The number of halogens is 1. The van der Waals surface area contributed by atoms with Gasteiger partial charge in [0.25, 0.3) is 0 Å². The van der Waals surface area contributed by atoms with Gasteiger partial charge < -0.3 is 0 Å². The summed E-state index contributed by atoms with van der Waals surface area (Å²) in [7, 11) is 0. The molecule has 0 aliphatic carbocycles. The second-order valence-corrected chi connectivity index (χ2v) is 3.44. The third-order valence-electron chi connectivity index (χ3n) is 1.71. The molecule has 0 fully saturated rings. The summed E-state index contributed by atoms with van der Waals surface area (Å²) in [6, 6.07) is 0. The third kappa shape index (κ3) is 1.47. The van der Waals surface area contributed by atoms with E-state index in [1.54, 1.807) is 18.6 Å². The summed E-state index contributed by atoms with van der Waals surface area (Å²) < 4.78 is 0.899. The monoisotopic (exact) mass is 238 g/mol. The molecule has 2 heterocycles. The minimum Gasteiger partial charge on any atom is -0.275 e. The van der Waals surface area contributed by atoms with Crippen LogP contribution in [-0.2, 0) is 0 Å². The van der Waals surface area contributed by atoms with Gasteiger partial charge in [-0.05, 0) is 22.9 Å². The lowest BCUT2D eigenvalue weighted by atomic mass is 10.2. The van der Waals surface area contributed by atoms with Gasteiger partial charge in [-0.15, -0.1) is 0 Å². The zero-order valence-electron chi connectivity index (χ0n) is 6.95. The van der Waals surface area contributed by atoms with Crippen molar-refractivity contribution >= 4 is 15.9 Å². The number of rotatable bonds is 1. The van der Waals surface area contributed by atoms with Crippen LogP contribution in [0.25, 0.3) is 11.4 Å². The molecule has 2 aromatic heterocycles. The van der Waals surface area contributed by atoms with Crippen LogP contribution in [0.5, 0.6) is 0 Å². The third-order valence-corrected chi connectivity index (χ3v) is 2.31. The lowest BCUT2D eigenvalue weighted by Gasteiger charge is -1.99. The lowest BCUT2D eigenvalue weighted by Crippen LogP contribution is -1.91. The van der Waals surface area contributed by atoms with Gasteiger partial charge in [-0.1, -0.05) is 0 Å². The molecule has 0 aliphatic heterocycles. The molecule has 0 amide bonds. The van der Waals surface area contributed by atoms with Crippen LogP contribution in [0.4, 0.5) is 0 Å². The Morgan fingerprint density at radius 3 is 2.69 bits per heavy atom. The van der Waals surface area contributed by atoms with Gasteiger partial charge in [-0.25, -0.2) is 0 Å². The van der Waals surface area contributed by atoms with E-state index >= 15 is 0 Å². The number of hydrogen-bond donors (Lipinski definition) is 1. The van der Waals surface area contributed by atoms with E-state index in [1.807, 2.05) is 6.92 Å². The highest BCUT2D eigenvalue weighted by atomic mass is 79.9. The topological polar surface area (TPSA) is 54.5 Å². The van der Waals surface area contributed by atoms with Crippen LogP contribution >= 0.6 is 15.9 Å². The zero-order valence-corrected chi connectivity index (χ0v) is 8.54. The fraction of sp³-hybridized carbons (Fsp3) is 0.125. The first-order valence-corrected chi connectivity index (χ1v) is 4.55. The molecular weight excluding hydrogens is 232 g/mol. The quantitative estimate of drug-likeness (QED) is 0.827. The molecule has 2 rings (SSSR count). The Hall–Kier alpha value is -1.23. The minimum absolute atomic E-state index is 0.826. The molecule has 5 heteroatoms. The average molecular weight is 239 g/mol. The van der Waals surface area contributed by atoms with Gasteiger partial charge in [-0.2, -0.15) is 5.10 Å². The van der Waals surface area contributed by atoms with Crippen molar-refractivity contribution in [2.75, 3.05) is 0 Å². The van der Waals surface area contributed by atoms with Crippen LogP contribution in [0.3, 0.4) is 0 Å². The molecule has 0 radical (unpaired) electrons. The molecule has 0 saturated carbocycles. The molecule has 0 saturated heterocycles. The number of hydrogen-bond acceptors (Lipinski definition) is 3. The molecule has 0 spiro atoms. The Morgan fingerprint density at radius 1 is 1.31 bits per heavy atom. The Kier molecular flexibility index (Phi) is 2.10. The van der Waals surface area contributed by atoms with Crippen molar-refractivity contribution in [3.8, 4) is 11.4 Å². The maximum absolute atomic E-state index is 4.22. The molecule has 0 unspecified atom stereocenters. The summed E-state index contributed by atoms with van der Waals surface area (Å²) in [5, 5.41) is 6.76. The van der Waals surface area contributed by atoms with E-state index in [4.69, 9.17) is 0 Å². The maximum Gasteiger partial charge on any atom is 0.110 e. The molecule has 0 aromatic carbocycles. The van der Waals surface area contributed by atoms with Crippen molar-refractivity contribution in [1.82, 2.24) is 20.2 Å². The van der Waals surface area contributed by atoms with Gasteiger partial charge in [0, 0.05) is 12.4 Å². The molecule has 2 aromatic rings. The average Bonchev–Trinajstić information content (AvgIpc) is 2.52. The van der Waals surface area contributed by atoms with E-state index in [0.29, 0.717) is 0 Å². The van der Waals surface area contributed by atoms with Crippen molar-refractivity contribution in [2.45, 2.75) is 6.92 Å². The van der Waals surface area contributed by atoms with Crippen LogP contribution in [-0.4, -0.2) is 20.2 Å². The second-order valence-electron chi connectivity index (χ2n) is 2.58. The predicted molar refractivity (Wildman–Crippen MR) is 52.1 cm³/mol. The Balaban J connectivity index is 2.59. The van der Waals surface area contributed by atoms with Crippen molar-refractivity contribution in [3.05, 3.63) is 28.8 Å². The van der Waals surface area contributed by atoms with E-state index < -0.39 is 0 Å². The number of nitrogens with zero attached hydrogens (tertiary/aromatic N) is 3. The van der Waals surface area contributed by atoms with E-state index in [-0.39, 0.29) is 0 Å². The molecule has 0 atom stereocenters. The SMILES string of the molecule is Cc1nccnc1-c1[nH]ncc1Br. The van der Waals surface area contributed by atoms with E-state index in [0.717, 1.165) is 21.6 Å². The number of H-pyrrole nitrogens is 1. The van der Waals surface area contributed by atoms with E-state index in [2.05, 4.69) is 36.1 Å². The van der Waals surface area contributed by atoms with Crippen LogP contribution in [0, 0.1) is 6.92 Å². The zero-order chi connectivity index (χ0) is 9.26. The van der Waals surface area contributed by atoms with Gasteiger partial charge in [0.1, 0.15) is 5.69 Å². The van der Waals surface area contributed by atoms with E-state index in [1.165, 1.54) is 0 Å². The molecule has 1 N–H and O–H groups in total. The highest BCUT2D eigenvalue weighted by Crippen LogP contribution is 2.24. The summed E-state index contributed by atoms with van der Waals surface area (Å²) in [6.45, 7) is 1.91. The van der Waals surface area contributed by atoms with Crippen LogP contribution in [0.2, 0.25) is 0 Å². The van der Waals surface area contributed by atoms with Crippen LogP contribution in [0.1, 0.15) is 5.69 Å². The smallest absolute Gasteiger partial charge is 0.110 e. The van der Waals surface area contributed by atoms with Gasteiger partial charge in [0.05, 0.1) is 22.1 Å². The predicted octanol–water partition coefficient (Wildman–Crippen LogP) is 1.94. The molecule has 13 heavy (non-hydrogen) atoms. The van der Waals surface area contributed by atoms with Gasteiger partial charge in [-0.3, -0.25) is 15.1 Å². The Labute approximate surface area is 83.6 Å². The minimum atomic E-state index is 0.826. The van der Waals surface area contributed by atoms with Crippen LogP contribution < -0.4 is 0 Å². The molecular formula is C8H7BrN4. The summed E-state index contributed by atoms with van der Waals surface area (Å²) >= 11 is 3.38. The number of aromatic amines is 1. The standard InChI is InChI=1S/C8H7BrN4/c1-5-7(11-3-2-10-5)8-6(9)4-12-13-8/h2-4H,1H3,(H,12,13). The van der Waals surface area contributed by atoms with Crippen molar-refractivity contribution in [3.63, 3.8) is 0 Å². The van der Waals surface area contributed by atoms with Crippen LogP contribution in [0.15, 0.2) is 23.1 Å². The molecule has 0 aliphatic rings. The van der Waals surface area contributed by atoms with Gasteiger partial charge in [0.15, 0.2) is 0 Å². The number of aromatic nitrogens is 4. The maximum atomic E-state index is 4.22. The summed E-state index contributed by atoms with van der Waals surface area (Å²) in [5.74, 6) is 0. The van der Waals surface area contributed by atoms with E-state index in [9.17, 15) is 0 Å². The summed E-state index contributed by atoms with van der Waals surface area (Å²) in [6.07, 6.45) is 5.03. The van der Waals surface area contributed by atoms with Crippen molar-refractivity contribution < 1.29 is 0 Å². The first kappa shape index (κ1) is 8.37. The first-order valence-electron chi connectivity index (χ1n) is 3.76. The molecule has 4 nitrogen and oxygen atoms in total. The summed E-state index contributed by atoms with van der Waals surface area (Å²) in [5.41, 5.74) is 2.57. The fourth-order valence-corrected chi connectivity index (χ4v) is 1.47. The second kappa shape index (κ2) is 3.26.